The van der Waals surface area contributed by atoms with Crippen molar-refractivity contribution >= 4 is 29.4 Å². The van der Waals surface area contributed by atoms with E-state index in [-0.39, 0.29) is 100 Å². The Hall–Kier alpha value is -1.84. The van der Waals surface area contributed by atoms with Crippen molar-refractivity contribution in [1.82, 2.24) is 0 Å². The summed E-state index contributed by atoms with van der Waals surface area (Å²) in [5, 5.41) is 9.93. The summed E-state index contributed by atoms with van der Waals surface area (Å²) in [6.07, 6.45) is 1.94. The number of hydrogen-bond acceptors (Lipinski definition) is 15. The molecule has 1 heterocycles. The van der Waals surface area contributed by atoms with Crippen molar-refractivity contribution in [3.05, 3.63) is 35.4 Å². The van der Waals surface area contributed by atoms with E-state index in [1.165, 1.54) is 34.3 Å². The third-order valence-electron chi connectivity index (χ3n) is 7.50. The maximum Gasteiger partial charge on any atom is 1.00 e. The van der Waals surface area contributed by atoms with Crippen LogP contribution in [-0.2, 0) is 33.3 Å². The molecule has 0 amide bonds. The van der Waals surface area contributed by atoms with Gasteiger partial charge in [0.1, 0.15) is 16.4 Å². The second kappa shape index (κ2) is 23.9. The van der Waals surface area contributed by atoms with E-state index in [1.807, 2.05) is 6.92 Å². The molecule has 2 aromatic rings. The number of aliphatic carboxylic acids is 1. The van der Waals surface area contributed by atoms with Crippen LogP contribution in [0.4, 0.5) is 0 Å². The number of hydrogen-bond donors (Lipinski definition) is 4. The van der Waals surface area contributed by atoms with E-state index in [2.05, 4.69) is 4.52 Å². The molecule has 3 atom stereocenters. The first-order chi connectivity index (χ1) is 24.5. The summed E-state index contributed by atoms with van der Waals surface area (Å²) in [4.78, 5) is 39.4. The number of nitrogens with two attached hydrogens (primary N) is 2. The van der Waals surface area contributed by atoms with Gasteiger partial charge in [0.25, 0.3) is 0 Å². The van der Waals surface area contributed by atoms with E-state index in [0.29, 0.717) is 61.5 Å². The molecule has 294 valence electrons. The van der Waals surface area contributed by atoms with Gasteiger partial charge in [-0.05, 0) is 81.0 Å². The minimum absolute atomic E-state index is 0. The van der Waals surface area contributed by atoms with Crippen molar-refractivity contribution in [3.8, 4) is 28.7 Å². The Bertz CT molecular complexity index is 1620. The average molecular weight is 817 g/mol. The van der Waals surface area contributed by atoms with Crippen LogP contribution in [0.1, 0.15) is 75.7 Å². The van der Waals surface area contributed by atoms with Crippen LogP contribution >= 0.6 is 7.82 Å². The molecular formula is C33H50KN2O15PS. The number of carboxylic acids is 1. The number of carboxylic acid groups (broad SMARTS) is 1. The number of rotatable bonds is 21. The molecular weight excluding hydrogens is 767 g/mol. The molecule has 0 aliphatic carbocycles. The summed E-state index contributed by atoms with van der Waals surface area (Å²) in [6.45, 7) is 3.36. The zero-order chi connectivity index (χ0) is 39.1. The van der Waals surface area contributed by atoms with Crippen molar-refractivity contribution in [3.63, 3.8) is 0 Å². The fourth-order valence-electron chi connectivity index (χ4n) is 5.11. The first kappa shape index (κ1) is 49.2. The van der Waals surface area contributed by atoms with Gasteiger partial charge in [-0.2, -0.15) is 0 Å². The summed E-state index contributed by atoms with van der Waals surface area (Å²) in [5.74, 6) is -1.03. The molecule has 1 unspecified atom stereocenters. The molecule has 1 aliphatic heterocycles. The maximum atomic E-state index is 13.4. The number of ether oxygens (including phenoxy) is 6. The Labute approximate surface area is 352 Å². The van der Waals surface area contributed by atoms with Crippen LogP contribution in [0.5, 0.6) is 28.7 Å². The Morgan fingerprint density at radius 2 is 1.49 bits per heavy atom. The molecule has 1 saturated heterocycles. The molecule has 2 aromatic carbocycles. The Morgan fingerprint density at radius 3 is 1.96 bits per heavy atom. The van der Waals surface area contributed by atoms with E-state index in [4.69, 9.17) is 49.7 Å². The SMILES string of the molecule is CCCOc1c(OCCCOP(=O)(O)O)cc([C@@H]2CC[C@@H](c3cc(OC)c(OC)c(OC)c3)O2)cc1S(=O)(=O)CC(C)=O.NCCCC(N)C(=O)[O-].[K+]. The number of sulfone groups is 1. The third kappa shape index (κ3) is 16.0. The number of benzene rings is 2. The molecule has 53 heavy (non-hydrogen) atoms. The van der Waals surface area contributed by atoms with E-state index >= 15 is 0 Å². The minimum Gasteiger partial charge on any atom is -0.548 e. The summed E-state index contributed by atoms with van der Waals surface area (Å²) in [6, 6.07) is 5.83. The van der Waals surface area contributed by atoms with Gasteiger partial charge in [0.15, 0.2) is 32.8 Å². The Balaban J connectivity index is 0.00000124. The zero-order valence-electron chi connectivity index (χ0n) is 31.0. The van der Waals surface area contributed by atoms with Crippen LogP contribution in [0.25, 0.3) is 0 Å². The summed E-state index contributed by atoms with van der Waals surface area (Å²) >= 11 is 0. The Kier molecular flexibility index (Phi) is 22.2. The van der Waals surface area contributed by atoms with Crippen LogP contribution in [0.2, 0.25) is 0 Å². The summed E-state index contributed by atoms with van der Waals surface area (Å²) in [5.41, 5.74) is 11.5. The quantitative estimate of drug-likeness (QED) is 0.0679. The fraction of sp³-hybridized carbons (Fsp3) is 0.576. The molecule has 0 bridgehead atoms. The van der Waals surface area contributed by atoms with Gasteiger partial charge in [-0.25, -0.2) is 13.0 Å². The van der Waals surface area contributed by atoms with Gasteiger partial charge in [0.2, 0.25) is 5.75 Å². The smallest absolute Gasteiger partial charge is 0.548 e. The number of phosphoric ester groups is 1. The van der Waals surface area contributed by atoms with Gasteiger partial charge in [0, 0.05) is 12.5 Å². The van der Waals surface area contributed by atoms with Crippen LogP contribution in [0, 0.1) is 0 Å². The summed E-state index contributed by atoms with van der Waals surface area (Å²) in [7, 11) is -4.22. The van der Waals surface area contributed by atoms with Gasteiger partial charge in [-0.3, -0.25) is 9.32 Å². The molecule has 17 nitrogen and oxygen atoms in total. The zero-order valence-corrected chi connectivity index (χ0v) is 35.9. The van der Waals surface area contributed by atoms with Gasteiger partial charge in [-0.1, -0.05) is 6.92 Å². The van der Waals surface area contributed by atoms with Crippen LogP contribution < -0.4 is 91.6 Å². The average Bonchev–Trinajstić information content (AvgIpc) is 3.58. The topological polar surface area (TPSA) is 266 Å². The molecule has 0 aromatic heterocycles. The number of Topliss-reactive ketones (excluding diaryl/α,β-unsaturated/α-hetero) is 1. The first-order valence-electron chi connectivity index (χ1n) is 16.5. The number of phosphoric acid groups is 1. The maximum absolute atomic E-state index is 13.4. The number of methoxy groups -OCH3 is 3. The van der Waals surface area contributed by atoms with Crippen molar-refractivity contribution in [2.45, 2.75) is 75.5 Å². The van der Waals surface area contributed by atoms with E-state index < -0.39 is 47.3 Å². The second-order valence-corrected chi connectivity index (χ2v) is 14.9. The van der Waals surface area contributed by atoms with E-state index in [9.17, 15) is 27.7 Å². The molecule has 1 aliphatic rings. The fourth-order valence-corrected chi connectivity index (χ4v) is 6.92. The van der Waals surface area contributed by atoms with Crippen LogP contribution in [-0.4, -0.2) is 89.4 Å². The monoisotopic (exact) mass is 816 g/mol. The van der Waals surface area contributed by atoms with E-state index in [1.54, 1.807) is 18.2 Å². The van der Waals surface area contributed by atoms with Crippen molar-refractivity contribution in [2.24, 2.45) is 11.5 Å². The number of carbonyl (C=O) groups excluding carboxylic acids is 2. The standard InChI is InChI=1S/C28H39O13PS.C5H12N2O2.K/c1-6-10-39-28-25(38-11-7-12-40-42(30,31)32)15-20(16-26(28)43(33,34)17-18(2)29)22-9-8-21(41-22)19-13-23(35-3)27(37-5)24(14-19)36-4;6-3-1-2-4(7)5(8)9;/h13-16,21-22H,6-12,17H2,1-5H3,(H2,30,31,32);4H,1-3,6-7H2,(H,8,9);/q;;+1/p-1/t21-,22-;;/m0../s1. The van der Waals surface area contributed by atoms with Gasteiger partial charge < -0.3 is 59.6 Å². The molecule has 1 fully saturated rings. The molecule has 0 saturated carbocycles. The number of ketones is 1. The molecule has 0 radical (unpaired) electrons. The molecule has 3 rings (SSSR count). The van der Waals surface area contributed by atoms with Crippen molar-refractivity contribution in [2.75, 3.05) is 53.4 Å². The van der Waals surface area contributed by atoms with Crippen molar-refractivity contribution < 1.29 is 122 Å². The normalized spacial score (nSPS) is 16.0. The number of carbonyl (C=O) groups is 2. The van der Waals surface area contributed by atoms with E-state index in [0.717, 1.165) is 5.56 Å². The van der Waals surface area contributed by atoms with Crippen LogP contribution in [0.3, 0.4) is 0 Å². The second-order valence-electron chi connectivity index (χ2n) is 11.7. The van der Waals surface area contributed by atoms with Gasteiger partial charge in [-0.15, -0.1) is 0 Å². The molecule has 20 heteroatoms. The largest absolute Gasteiger partial charge is 1.00 e. The molecule has 0 spiro atoms. The predicted octanol–water partition coefficient (Wildman–Crippen LogP) is -0.859. The first-order valence-corrected chi connectivity index (χ1v) is 19.7. The predicted molar refractivity (Wildman–Crippen MR) is 186 cm³/mol. The van der Waals surface area contributed by atoms with Gasteiger partial charge >= 0.3 is 59.2 Å². The Morgan fingerprint density at radius 1 is 0.925 bits per heavy atom. The molecule has 6 N–H and O–H groups in total. The third-order valence-corrected chi connectivity index (χ3v) is 9.78. The summed E-state index contributed by atoms with van der Waals surface area (Å²) < 4.78 is 76.7. The minimum atomic E-state index is -4.65. The van der Waals surface area contributed by atoms with Crippen molar-refractivity contribution in [1.29, 1.82) is 0 Å². The van der Waals surface area contributed by atoms with Gasteiger partial charge in [0.05, 0.1) is 59.3 Å². The van der Waals surface area contributed by atoms with Crippen LogP contribution in [0.15, 0.2) is 29.2 Å².